The lowest BCUT2D eigenvalue weighted by Crippen LogP contribution is -2.30. The van der Waals surface area contributed by atoms with Crippen LogP contribution in [0.15, 0.2) is 36.5 Å². The Bertz CT molecular complexity index is 1060. The van der Waals surface area contributed by atoms with Crippen molar-refractivity contribution in [2.24, 2.45) is 0 Å². The van der Waals surface area contributed by atoms with Crippen LogP contribution >= 0.6 is 0 Å². The largest absolute Gasteiger partial charge is 0.462 e. The van der Waals surface area contributed by atoms with Crippen LogP contribution < -0.4 is 0 Å². The number of hydrogen-bond acceptors (Lipinski definition) is 6. The Morgan fingerprint density at radius 2 is 0.603 bits per heavy atom. The zero-order chi connectivity index (χ0) is 45.8. The van der Waals surface area contributed by atoms with Gasteiger partial charge in [-0.2, -0.15) is 0 Å². The molecule has 0 rings (SSSR count). The Labute approximate surface area is 391 Å². The minimum atomic E-state index is -0.778. The van der Waals surface area contributed by atoms with Crippen LogP contribution in [0.2, 0.25) is 0 Å². The lowest BCUT2D eigenvalue weighted by atomic mass is 10.0. The summed E-state index contributed by atoms with van der Waals surface area (Å²) in [5.41, 5.74) is 0. The molecular formula is C57H104O6. The number of carbonyl (C=O) groups is 3. The molecule has 0 heterocycles. The molecule has 0 aromatic carbocycles. The van der Waals surface area contributed by atoms with Crippen LogP contribution in [0.1, 0.15) is 290 Å². The van der Waals surface area contributed by atoms with E-state index in [4.69, 9.17) is 14.2 Å². The maximum Gasteiger partial charge on any atom is 0.306 e. The molecule has 0 bridgehead atoms. The first-order chi connectivity index (χ1) is 31.0. The van der Waals surface area contributed by atoms with Crippen molar-refractivity contribution >= 4 is 17.9 Å². The highest BCUT2D eigenvalue weighted by atomic mass is 16.6. The van der Waals surface area contributed by atoms with Gasteiger partial charge >= 0.3 is 17.9 Å². The maximum atomic E-state index is 12.8. The van der Waals surface area contributed by atoms with E-state index in [1.807, 2.05) is 0 Å². The van der Waals surface area contributed by atoms with Crippen LogP contribution in [-0.2, 0) is 28.6 Å². The molecule has 0 N–H and O–H groups in total. The van der Waals surface area contributed by atoms with E-state index in [-0.39, 0.29) is 31.1 Å². The second kappa shape index (κ2) is 52.3. The summed E-state index contributed by atoms with van der Waals surface area (Å²) in [7, 11) is 0. The fraction of sp³-hybridized carbons (Fsp3) is 0.842. The molecule has 0 aliphatic carbocycles. The molecule has 0 amide bonds. The van der Waals surface area contributed by atoms with Gasteiger partial charge in [-0.1, -0.05) is 237 Å². The van der Waals surface area contributed by atoms with E-state index < -0.39 is 6.10 Å². The number of rotatable bonds is 50. The summed E-state index contributed by atoms with van der Waals surface area (Å²) in [5.74, 6) is -0.887. The summed E-state index contributed by atoms with van der Waals surface area (Å²) >= 11 is 0. The number of carbonyl (C=O) groups excluding carboxylic acids is 3. The van der Waals surface area contributed by atoms with Crippen LogP contribution in [0.4, 0.5) is 0 Å². The van der Waals surface area contributed by atoms with Crippen LogP contribution in [0.3, 0.4) is 0 Å². The first-order valence-corrected chi connectivity index (χ1v) is 27.5. The third kappa shape index (κ3) is 50.5. The predicted octanol–water partition coefficient (Wildman–Crippen LogP) is 18.1. The fourth-order valence-electron chi connectivity index (χ4n) is 7.95. The summed E-state index contributed by atoms with van der Waals surface area (Å²) in [6.45, 7) is 6.58. The molecule has 6 heteroatoms. The van der Waals surface area contributed by atoms with Crippen molar-refractivity contribution in [3.05, 3.63) is 36.5 Å². The molecule has 368 valence electrons. The van der Waals surface area contributed by atoms with Gasteiger partial charge in [-0.15, -0.1) is 0 Å². The van der Waals surface area contributed by atoms with Gasteiger partial charge in [0.05, 0.1) is 0 Å². The summed E-state index contributed by atoms with van der Waals surface area (Å²) in [5, 5.41) is 0. The van der Waals surface area contributed by atoms with Crippen molar-refractivity contribution in [2.45, 2.75) is 297 Å². The molecule has 0 spiro atoms. The zero-order valence-corrected chi connectivity index (χ0v) is 42.1. The van der Waals surface area contributed by atoms with E-state index in [2.05, 4.69) is 57.2 Å². The van der Waals surface area contributed by atoms with Gasteiger partial charge in [0.15, 0.2) is 6.10 Å². The highest BCUT2D eigenvalue weighted by molar-refractivity contribution is 5.71. The van der Waals surface area contributed by atoms with Crippen molar-refractivity contribution in [3.8, 4) is 0 Å². The van der Waals surface area contributed by atoms with Crippen molar-refractivity contribution in [2.75, 3.05) is 13.2 Å². The monoisotopic (exact) mass is 885 g/mol. The average molecular weight is 885 g/mol. The van der Waals surface area contributed by atoms with E-state index >= 15 is 0 Å². The van der Waals surface area contributed by atoms with Gasteiger partial charge in [0.2, 0.25) is 0 Å². The number of unbranched alkanes of at least 4 members (excludes halogenated alkanes) is 33. The highest BCUT2D eigenvalue weighted by Gasteiger charge is 2.19. The molecule has 6 nitrogen and oxygen atoms in total. The van der Waals surface area contributed by atoms with E-state index in [0.717, 1.165) is 89.9 Å². The Morgan fingerprint density at radius 1 is 0.317 bits per heavy atom. The number of hydrogen-bond donors (Lipinski definition) is 0. The fourth-order valence-corrected chi connectivity index (χ4v) is 7.95. The Kier molecular flexibility index (Phi) is 50.3. The maximum absolute atomic E-state index is 12.8. The molecule has 0 aliphatic heterocycles. The van der Waals surface area contributed by atoms with Crippen molar-refractivity contribution < 1.29 is 28.6 Å². The van der Waals surface area contributed by atoms with Crippen molar-refractivity contribution in [1.29, 1.82) is 0 Å². The minimum absolute atomic E-state index is 0.0768. The summed E-state index contributed by atoms with van der Waals surface area (Å²) < 4.78 is 16.8. The smallest absolute Gasteiger partial charge is 0.306 e. The van der Waals surface area contributed by atoms with E-state index in [0.29, 0.717) is 19.3 Å². The molecule has 0 aromatic rings. The van der Waals surface area contributed by atoms with Gasteiger partial charge in [-0.05, 0) is 70.6 Å². The highest BCUT2D eigenvalue weighted by Crippen LogP contribution is 2.16. The topological polar surface area (TPSA) is 78.9 Å². The minimum Gasteiger partial charge on any atom is -0.462 e. The van der Waals surface area contributed by atoms with E-state index in [9.17, 15) is 14.4 Å². The normalized spacial score (nSPS) is 12.2. The van der Waals surface area contributed by atoms with Gasteiger partial charge in [0, 0.05) is 19.3 Å². The SMILES string of the molecule is CCC/C=C\C/C=C\CCCCCCCC(=O)OCC(COC(=O)CCCCCCCCCCCCCCCCCCCC)OC(=O)CCCCCCC/C=C\CCCCCCC. The quantitative estimate of drug-likeness (QED) is 0.0262. The summed E-state index contributed by atoms with van der Waals surface area (Å²) in [6.07, 6.45) is 61.3. The number of esters is 3. The zero-order valence-electron chi connectivity index (χ0n) is 42.1. The van der Waals surface area contributed by atoms with Gasteiger partial charge in [0.25, 0.3) is 0 Å². The molecule has 0 aromatic heterocycles. The molecule has 0 saturated heterocycles. The van der Waals surface area contributed by atoms with E-state index in [1.54, 1.807) is 0 Å². The Morgan fingerprint density at radius 3 is 0.952 bits per heavy atom. The lowest BCUT2D eigenvalue weighted by Gasteiger charge is -2.18. The second-order valence-corrected chi connectivity index (χ2v) is 18.5. The molecule has 0 fully saturated rings. The Hall–Kier alpha value is -2.37. The van der Waals surface area contributed by atoms with Crippen molar-refractivity contribution in [1.82, 2.24) is 0 Å². The summed E-state index contributed by atoms with van der Waals surface area (Å²) in [4.78, 5) is 38.0. The number of ether oxygens (including phenoxy) is 3. The lowest BCUT2D eigenvalue weighted by molar-refractivity contribution is -0.167. The molecule has 63 heavy (non-hydrogen) atoms. The van der Waals surface area contributed by atoms with E-state index in [1.165, 1.54) is 161 Å². The third-order valence-corrected chi connectivity index (χ3v) is 12.1. The Balaban J connectivity index is 4.34. The van der Waals surface area contributed by atoms with Crippen molar-refractivity contribution in [3.63, 3.8) is 0 Å². The van der Waals surface area contributed by atoms with Crippen LogP contribution in [0.5, 0.6) is 0 Å². The molecule has 0 aliphatic rings. The molecule has 0 saturated carbocycles. The third-order valence-electron chi connectivity index (χ3n) is 12.1. The van der Waals surface area contributed by atoms with Crippen LogP contribution in [-0.4, -0.2) is 37.2 Å². The van der Waals surface area contributed by atoms with Gasteiger partial charge in [-0.3, -0.25) is 14.4 Å². The second-order valence-electron chi connectivity index (χ2n) is 18.5. The predicted molar refractivity (Wildman–Crippen MR) is 270 cm³/mol. The summed E-state index contributed by atoms with van der Waals surface area (Å²) in [6, 6.07) is 0. The molecular weight excluding hydrogens is 781 g/mol. The standard InChI is InChI=1S/C57H104O6/c1-4-7-10-13-16-19-22-25-27-28-29-30-33-35-38-41-44-47-50-56(59)62-53-54(52-61-55(58)49-46-43-40-37-34-31-24-21-18-15-12-9-6-3)63-57(60)51-48-45-42-39-36-32-26-23-20-17-14-11-8-5-2/h12,15,21,23-24,26,54H,4-11,13-14,16-20,22,25,27-53H2,1-3H3/b15-12-,24-21-,26-23-. The first kappa shape index (κ1) is 60.6. The van der Waals surface area contributed by atoms with Crippen LogP contribution in [0, 0.1) is 0 Å². The molecule has 0 radical (unpaired) electrons. The molecule has 1 atom stereocenters. The van der Waals surface area contributed by atoms with Crippen LogP contribution in [0.25, 0.3) is 0 Å². The van der Waals surface area contributed by atoms with Gasteiger partial charge in [0.1, 0.15) is 13.2 Å². The molecule has 1 unspecified atom stereocenters. The van der Waals surface area contributed by atoms with Gasteiger partial charge < -0.3 is 14.2 Å². The van der Waals surface area contributed by atoms with Gasteiger partial charge in [-0.25, -0.2) is 0 Å². The first-order valence-electron chi connectivity index (χ1n) is 27.5. The number of allylic oxidation sites excluding steroid dienone is 6. The average Bonchev–Trinajstić information content (AvgIpc) is 3.28.